The summed E-state index contributed by atoms with van der Waals surface area (Å²) in [6.07, 6.45) is 2.66. The van der Waals surface area contributed by atoms with E-state index in [-0.39, 0.29) is 24.4 Å². The minimum atomic E-state index is -0.363. The molecule has 0 aromatic heterocycles. The van der Waals surface area contributed by atoms with Crippen LogP contribution in [0.25, 0.3) is 0 Å². The summed E-state index contributed by atoms with van der Waals surface area (Å²) in [5.74, 6) is -0.215. The Morgan fingerprint density at radius 1 is 1.48 bits per heavy atom. The Hall–Kier alpha value is -1.44. The van der Waals surface area contributed by atoms with Crippen molar-refractivity contribution in [2.45, 2.75) is 25.9 Å². The van der Waals surface area contributed by atoms with Crippen molar-refractivity contribution in [1.29, 1.82) is 0 Å². The van der Waals surface area contributed by atoms with Crippen LogP contribution in [0.2, 0.25) is 0 Å². The van der Waals surface area contributed by atoms with Crippen LogP contribution in [0.3, 0.4) is 0 Å². The van der Waals surface area contributed by atoms with Crippen LogP contribution >= 0.6 is 0 Å². The normalized spacial score (nSPS) is 25.0. The van der Waals surface area contributed by atoms with E-state index in [1.165, 1.54) is 0 Å². The zero-order valence-electron chi connectivity index (χ0n) is 13.8. The van der Waals surface area contributed by atoms with Gasteiger partial charge in [-0.2, -0.15) is 0 Å². The van der Waals surface area contributed by atoms with E-state index in [1.54, 1.807) is 11.8 Å². The van der Waals surface area contributed by atoms with Gasteiger partial charge in [0.25, 0.3) is 0 Å². The van der Waals surface area contributed by atoms with Gasteiger partial charge in [-0.3, -0.25) is 14.5 Å². The number of piperidine rings is 1. The van der Waals surface area contributed by atoms with Gasteiger partial charge in [0.2, 0.25) is 5.91 Å². The van der Waals surface area contributed by atoms with Gasteiger partial charge in [0.1, 0.15) is 0 Å². The molecule has 0 radical (unpaired) electrons. The second-order valence-electron chi connectivity index (χ2n) is 5.93. The largest absolute Gasteiger partial charge is 0.466 e. The summed E-state index contributed by atoms with van der Waals surface area (Å²) in [6.45, 7) is 6.57. The highest BCUT2D eigenvalue weighted by molar-refractivity contribution is 5.79. The molecular weight excluding hydrogens is 298 g/mol. The standard InChI is InChI=1S/C16H27N3O4/c1-2-23-16(22)5-8-19-10-9-18(12-15(19)21)7-4-13-11-17-6-3-14(13)20/h4,14,17,20H,2-3,5-12H2,1H3/b13-4+. The molecule has 0 saturated carbocycles. The number of aliphatic hydroxyl groups is 1. The Balaban J connectivity index is 1.74. The quantitative estimate of drug-likeness (QED) is 0.500. The Morgan fingerprint density at radius 2 is 2.30 bits per heavy atom. The summed E-state index contributed by atoms with van der Waals surface area (Å²) in [7, 11) is 0. The van der Waals surface area contributed by atoms with E-state index in [0.29, 0.717) is 39.3 Å². The number of carbonyl (C=O) groups is 2. The molecular formula is C16H27N3O4. The van der Waals surface area contributed by atoms with Crippen LogP contribution < -0.4 is 5.32 Å². The SMILES string of the molecule is CCOC(=O)CCN1CCN(C/C=C2\CNCCC2O)CC1=O. The third kappa shape index (κ3) is 5.60. The molecule has 2 heterocycles. The van der Waals surface area contributed by atoms with Crippen molar-refractivity contribution in [1.82, 2.24) is 15.1 Å². The van der Waals surface area contributed by atoms with Crippen molar-refractivity contribution < 1.29 is 19.4 Å². The van der Waals surface area contributed by atoms with Crippen molar-refractivity contribution in [3.63, 3.8) is 0 Å². The van der Waals surface area contributed by atoms with Crippen molar-refractivity contribution in [3.05, 3.63) is 11.6 Å². The fraction of sp³-hybridized carbons (Fsp3) is 0.750. The van der Waals surface area contributed by atoms with Crippen LogP contribution in [0.15, 0.2) is 11.6 Å². The van der Waals surface area contributed by atoms with Crippen molar-refractivity contribution >= 4 is 11.9 Å². The first-order valence-corrected chi connectivity index (χ1v) is 8.33. The van der Waals surface area contributed by atoms with Crippen molar-refractivity contribution in [2.24, 2.45) is 0 Å². The van der Waals surface area contributed by atoms with Gasteiger partial charge in [0.05, 0.1) is 25.7 Å². The predicted octanol–water partition coefficient (Wildman–Crippen LogP) is -0.636. The third-order valence-electron chi connectivity index (χ3n) is 4.25. The number of hydrogen-bond acceptors (Lipinski definition) is 6. The average molecular weight is 325 g/mol. The molecule has 0 spiro atoms. The highest BCUT2D eigenvalue weighted by Crippen LogP contribution is 2.11. The first-order chi connectivity index (χ1) is 11.1. The van der Waals surface area contributed by atoms with Gasteiger partial charge in [-0.15, -0.1) is 0 Å². The number of hydrogen-bond donors (Lipinski definition) is 2. The number of rotatable bonds is 6. The van der Waals surface area contributed by atoms with Crippen LogP contribution in [0.5, 0.6) is 0 Å². The molecule has 1 unspecified atom stereocenters. The number of ether oxygens (including phenoxy) is 1. The number of carbonyl (C=O) groups excluding carboxylic acids is 2. The molecule has 7 heteroatoms. The second kappa shape index (κ2) is 9.00. The summed E-state index contributed by atoms with van der Waals surface area (Å²) < 4.78 is 4.88. The number of aliphatic hydroxyl groups excluding tert-OH is 1. The zero-order chi connectivity index (χ0) is 16.7. The van der Waals surface area contributed by atoms with E-state index < -0.39 is 0 Å². The average Bonchev–Trinajstić information content (AvgIpc) is 2.53. The van der Waals surface area contributed by atoms with E-state index in [1.807, 2.05) is 6.08 Å². The lowest BCUT2D eigenvalue weighted by Crippen LogP contribution is -2.50. The summed E-state index contributed by atoms with van der Waals surface area (Å²) in [5, 5.41) is 13.2. The summed E-state index contributed by atoms with van der Waals surface area (Å²) in [6, 6.07) is 0. The fourth-order valence-electron chi connectivity index (χ4n) is 2.84. The van der Waals surface area contributed by atoms with E-state index in [9.17, 15) is 14.7 Å². The summed E-state index contributed by atoms with van der Waals surface area (Å²) in [4.78, 5) is 27.3. The number of nitrogens with zero attached hydrogens (tertiary/aromatic N) is 2. The zero-order valence-corrected chi connectivity index (χ0v) is 13.8. The molecule has 130 valence electrons. The second-order valence-corrected chi connectivity index (χ2v) is 5.93. The number of piperazine rings is 1. The van der Waals surface area contributed by atoms with Gasteiger partial charge in [-0.1, -0.05) is 6.08 Å². The van der Waals surface area contributed by atoms with E-state index in [2.05, 4.69) is 10.2 Å². The maximum Gasteiger partial charge on any atom is 0.307 e. The number of nitrogens with one attached hydrogen (secondary N) is 1. The van der Waals surface area contributed by atoms with Gasteiger partial charge in [-0.05, 0) is 25.5 Å². The van der Waals surface area contributed by atoms with E-state index in [4.69, 9.17) is 4.74 Å². The summed E-state index contributed by atoms with van der Waals surface area (Å²) >= 11 is 0. The van der Waals surface area contributed by atoms with E-state index in [0.717, 1.165) is 25.1 Å². The molecule has 2 rings (SSSR count). The maximum absolute atomic E-state index is 12.1. The molecule has 0 aromatic carbocycles. The van der Waals surface area contributed by atoms with Crippen LogP contribution in [0.1, 0.15) is 19.8 Å². The molecule has 2 N–H and O–H groups in total. The molecule has 1 amide bonds. The topological polar surface area (TPSA) is 82.1 Å². The molecule has 1 atom stereocenters. The lowest BCUT2D eigenvalue weighted by Gasteiger charge is -2.34. The smallest absolute Gasteiger partial charge is 0.307 e. The molecule has 0 aliphatic carbocycles. The van der Waals surface area contributed by atoms with Crippen molar-refractivity contribution in [3.8, 4) is 0 Å². The fourth-order valence-corrected chi connectivity index (χ4v) is 2.84. The highest BCUT2D eigenvalue weighted by atomic mass is 16.5. The molecule has 0 aromatic rings. The van der Waals surface area contributed by atoms with Crippen LogP contribution in [0.4, 0.5) is 0 Å². The lowest BCUT2D eigenvalue weighted by atomic mass is 10.0. The number of amides is 1. The van der Waals surface area contributed by atoms with Crippen LogP contribution in [-0.4, -0.2) is 85.3 Å². The monoisotopic (exact) mass is 325 g/mol. The minimum absolute atomic E-state index is 0.0428. The van der Waals surface area contributed by atoms with Crippen LogP contribution in [0, 0.1) is 0 Å². The highest BCUT2D eigenvalue weighted by Gasteiger charge is 2.24. The molecule has 2 fully saturated rings. The van der Waals surface area contributed by atoms with Gasteiger partial charge in [-0.25, -0.2) is 0 Å². The molecule has 23 heavy (non-hydrogen) atoms. The third-order valence-corrected chi connectivity index (χ3v) is 4.25. The summed E-state index contributed by atoms with van der Waals surface area (Å²) in [5.41, 5.74) is 1.01. The Labute approximate surface area is 137 Å². The van der Waals surface area contributed by atoms with Gasteiger partial charge < -0.3 is 20.1 Å². The molecule has 2 aliphatic rings. The van der Waals surface area contributed by atoms with Crippen molar-refractivity contribution in [2.75, 3.05) is 52.4 Å². The molecule has 2 saturated heterocycles. The van der Waals surface area contributed by atoms with E-state index >= 15 is 0 Å². The maximum atomic E-state index is 12.1. The molecule has 2 aliphatic heterocycles. The molecule has 7 nitrogen and oxygen atoms in total. The first-order valence-electron chi connectivity index (χ1n) is 8.33. The Bertz CT molecular complexity index is 453. The predicted molar refractivity (Wildman–Crippen MR) is 85.8 cm³/mol. The van der Waals surface area contributed by atoms with Gasteiger partial charge in [0.15, 0.2) is 0 Å². The van der Waals surface area contributed by atoms with Crippen LogP contribution in [-0.2, 0) is 14.3 Å². The van der Waals surface area contributed by atoms with Gasteiger partial charge in [0, 0.05) is 32.7 Å². The Morgan fingerprint density at radius 3 is 3.00 bits per heavy atom. The Kier molecular flexibility index (Phi) is 7.01. The number of esters is 1. The molecule has 0 bridgehead atoms. The first kappa shape index (κ1) is 17.9. The lowest BCUT2D eigenvalue weighted by molar-refractivity contribution is -0.144. The van der Waals surface area contributed by atoms with Gasteiger partial charge >= 0.3 is 5.97 Å². The minimum Gasteiger partial charge on any atom is -0.466 e.